The van der Waals surface area contributed by atoms with Crippen LogP contribution in [0.1, 0.15) is 65.5 Å². The van der Waals surface area contributed by atoms with E-state index in [1.54, 1.807) is 0 Å². The first kappa shape index (κ1) is 30.3. The minimum absolute atomic E-state index is 0.105. The van der Waals surface area contributed by atoms with Crippen molar-refractivity contribution in [3.63, 3.8) is 0 Å². The number of benzene rings is 8. The smallest absolute Gasteiger partial charge is 0.140 e. The Bertz CT molecular complexity index is 2800. The number of hydrogen-bond acceptors (Lipinski definition) is 1. The normalized spacial score (nSPS) is 16.2. The second-order valence-electron chi connectivity index (χ2n) is 15.8. The standard InChI is InChI=1S/C53H38O/c1-14-30-52(31-15-1)44-23-9-6-19-38(44)41-29-28-34(32-48(41)52)35-16-2-3-17-36(35)43-33-49-51(42-22-5-4-18-37(42)43)54-50-27-13-12-26-47(50)53(49)45-24-10-7-20-39(45)40-21-8-11-25-46(40)53/h2-13,16-29,32-33H,1,14-15,30-31H2. The van der Waals surface area contributed by atoms with Crippen LogP contribution < -0.4 is 4.74 Å². The van der Waals surface area contributed by atoms with Gasteiger partial charge in [0.05, 0.1) is 5.41 Å². The summed E-state index contributed by atoms with van der Waals surface area (Å²) < 4.78 is 7.06. The number of para-hydroxylation sites is 1. The lowest BCUT2D eigenvalue weighted by Gasteiger charge is -2.40. The molecule has 3 aliphatic carbocycles. The third-order valence-corrected chi connectivity index (χ3v) is 13.4. The second kappa shape index (κ2) is 11.2. The van der Waals surface area contributed by atoms with Crippen LogP contribution >= 0.6 is 0 Å². The van der Waals surface area contributed by atoms with Crippen molar-refractivity contribution in [2.45, 2.75) is 42.9 Å². The van der Waals surface area contributed by atoms with Crippen molar-refractivity contribution in [1.82, 2.24) is 0 Å². The highest BCUT2D eigenvalue weighted by molar-refractivity contribution is 6.06. The molecule has 1 fully saturated rings. The van der Waals surface area contributed by atoms with Crippen LogP contribution in [-0.2, 0) is 10.8 Å². The van der Waals surface area contributed by atoms with E-state index in [0.29, 0.717) is 0 Å². The van der Waals surface area contributed by atoms with Crippen LogP contribution in [0, 0.1) is 0 Å². The molecule has 0 aromatic heterocycles. The minimum atomic E-state index is -0.530. The molecular weight excluding hydrogens is 653 g/mol. The first-order chi connectivity index (χ1) is 26.8. The van der Waals surface area contributed by atoms with Gasteiger partial charge in [-0.05, 0) is 103 Å². The van der Waals surface area contributed by atoms with E-state index in [0.717, 1.165) is 16.9 Å². The zero-order valence-electron chi connectivity index (χ0n) is 30.1. The van der Waals surface area contributed by atoms with Gasteiger partial charge in [-0.25, -0.2) is 0 Å². The molecule has 8 aromatic rings. The van der Waals surface area contributed by atoms with Crippen LogP contribution in [0.2, 0.25) is 0 Å². The second-order valence-corrected chi connectivity index (χ2v) is 15.8. The summed E-state index contributed by atoms with van der Waals surface area (Å²) >= 11 is 0. The zero-order chi connectivity index (χ0) is 35.4. The number of fused-ring (bicyclic) bond motifs is 16. The van der Waals surface area contributed by atoms with Crippen LogP contribution in [0.3, 0.4) is 0 Å². The van der Waals surface area contributed by atoms with Gasteiger partial charge in [-0.1, -0.05) is 171 Å². The van der Waals surface area contributed by atoms with Crippen molar-refractivity contribution in [2.24, 2.45) is 0 Å². The van der Waals surface area contributed by atoms with E-state index in [4.69, 9.17) is 4.74 Å². The van der Waals surface area contributed by atoms with Gasteiger partial charge in [0.1, 0.15) is 11.5 Å². The maximum Gasteiger partial charge on any atom is 0.140 e. The first-order valence-electron chi connectivity index (χ1n) is 19.6. The fourth-order valence-electron chi connectivity index (χ4n) is 11.2. The third-order valence-electron chi connectivity index (χ3n) is 13.4. The van der Waals surface area contributed by atoms with Crippen LogP contribution in [-0.4, -0.2) is 0 Å². The summed E-state index contributed by atoms with van der Waals surface area (Å²) in [6.07, 6.45) is 6.36. The summed E-state index contributed by atoms with van der Waals surface area (Å²) in [5, 5.41) is 2.34. The molecule has 256 valence electrons. The van der Waals surface area contributed by atoms with E-state index in [1.807, 2.05) is 0 Å². The Kier molecular flexibility index (Phi) is 6.27. The highest BCUT2D eigenvalue weighted by Gasteiger charge is 2.51. The van der Waals surface area contributed by atoms with E-state index < -0.39 is 5.41 Å². The molecule has 0 unspecified atom stereocenters. The Labute approximate surface area is 316 Å². The molecule has 1 heteroatoms. The number of ether oxygens (including phenoxy) is 1. The number of rotatable bonds is 2. The molecule has 0 radical (unpaired) electrons. The first-order valence-corrected chi connectivity index (χ1v) is 19.6. The van der Waals surface area contributed by atoms with E-state index in [-0.39, 0.29) is 5.41 Å². The molecule has 1 saturated carbocycles. The molecule has 0 saturated heterocycles. The molecule has 12 rings (SSSR count). The van der Waals surface area contributed by atoms with Crippen molar-refractivity contribution >= 4 is 10.8 Å². The molecule has 2 spiro atoms. The van der Waals surface area contributed by atoms with Gasteiger partial charge >= 0.3 is 0 Å². The van der Waals surface area contributed by atoms with Gasteiger partial charge < -0.3 is 4.74 Å². The van der Waals surface area contributed by atoms with E-state index in [2.05, 4.69) is 170 Å². The molecule has 4 aliphatic rings. The summed E-state index contributed by atoms with van der Waals surface area (Å²) in [5.74, 6) is 1.87. The maximum absolute atomic E-state index is 7.06. The van der Waals surface area contributed by atoms with Crippen molar-refractivity contribution in [3.8, 4) is 56.0 Å². The molecule has 54 heavy (non-hydrogen) atoms. The fraction of sp³-hybridized carbons (Fsp3) is 0.132. The molecular formula is C53H38O. The highest BCUT2D eigenvalue weighted by atomic mass is 16.5. The van der Waals surface area contributed by atoms with Crippen LogP contribution in [0.15, 0.2) is 170 Å². The van der Waals surface area contributed by atoms with Gasteiger partial charge in [0.15, 0.2) is 0 Å². The van der Waals surface area contributed by atoms with E-state index in [1.165, 1.54) is 115 Å². The maximum atomic E-state index is 7.06. The minimum Gasteiger partial charge on any atom is -0.456 e. The van der Waals surface area contributed by atoms with Crippen molar-refractivity contribution < 1.29 is 4.74 Å². The summed E-state index contributed by atoms with van der Waals surface area (Å²) in [5.41, 5.74) is 18.1. The van der Waals surface area contributed by atoms with Crippen molar-refractivity contribution in [3.05, 3.63) is 203 Å². The van der Waals surface area contributed by atoms with E-state index >= 15 is 0 Å². The Morgan fingerprint density at radius 3 is 1.61 bits per heavy atom. The Morgan fingerprint density at radius 2 is 0.889 bits per heavy atom. The van der Waals surface area contributed by atoms with Crippen LogP contribution in [0.25, 0.3) is 55.3 Å². The lowest BCUT2D eigenvalue weighted by molar-refractivity contribution is 0.353. The van der Waals surface area contributed by atoms with Gasteiger partial charge in [-0.2, -0.15) is 0 Å². The van der Waals surface area contributed by atoms with Gasteiger partial charge in [-0.3, -0.25) is 0 Å². The van der Waals surface area contributed by atoms with Gasteiger partial charge in [-0.15, -0.1) is 0 Å². The van der Waals surface area contributed by atoms with E-state index in [9.17, 15) is 0 Å². The summed E-state index contributed by atoms with van der Waals surface area (Å²) in [4.78, 5) is 0. The largest absolute Gasteiger partial charge is 0.456 e. The molecule has 1 aliphatic heterocycles. The summed E-state index contributed by atoms with van der Waals surface area (Å²) in [6, 6.07) is 63.7. The van der Waals surface area contributed by atoms with Crippen LogP contribution in [0.4, 0.5) is 0 Å². The number of hydrogen-bond donors (Lipinski definition) is 0. The third kappa shape index (κ3) is 3.84. The Balaban J connectivity index is 1.14. The molecule has 8 aromatic carbocycles. The van der Waals surface area contributed by atoms with Gasteiger partial charge in [0, 0.05) is 21.9 Å². The zero-order valence-corrected chi connectivity index (χ0v) is 30.1. The van der Waals surface area contributed by atoms with Crippen molar-refractivity contribution in [2.75, 3.05) is 0 Å². The lowest BCUT2D eigenvalue weighted by Crippen LogP contribution is -2.32. The predicted octanol–water partition coefficient (Wildman–Crippen LogP) is 13.9. The average Bonchev–Trinajstić information content (AvgIpc) is 3.68. The molecule has 0 atom stereocenters. The quantitative estimate of drug-likeness (QED) is 0.175. The highest BCUT2D eigenvalue weighted by Crippen LogP contribution is 2.64. The summed E-state index contributed by atoms with van der Waals surface area (Å²) in [6.45, 7) is 0. The molecule has 0 bridgehead atoms. The predicted molar refractivity (Wildman–Crippen MR) is 221 cm³/mol. The molecule has 0 amide bonds. The monoisotopic (exact) mass is 690 g/mol. The molecule has 1 heterocycles. The fourth-order valence-corrected chi connectivity index (χ4v) is 11.2. The van der Waals surface area contributed by atoms with Crippen molar-refractivity contribution in [1.29, 1.82) is 0 Å². The van der Waals surface area contributed by atoms with Crippen LogP contribution in [0.5, 0.6) is 11.5 Å². The Morgan fingerprint density at radius 1 is 0.352 bits per heavy atom. The average molecular weight is 691 g/mol. The Hall–Kier alpha value is -6.18. The molecule has 0 N–H and O–H groups in total. The lowest BCUT2D eigenvalue weighted by atomic mass is 9.65. The summed E-state index contributed by atoms with van der Waals surface area (Å²) in [7, 11) is 0. The molecule has 1 nitrogen and oxygen atoms in total. The van der Waals surface area contributed by atoms with Gasteiger partial charge in [0.2, 0.25) is 0 Å². The SMILES string of the molecule is c1ccc2c(c1)Oc1c(cc(-c3ccccc3-c3ccc4c(c3)C3(CCCCC3)c3ccccc3-4)c3ccccc13)C21c2ccccc2-c2ccccc21. The van der Waals surface area contributed by atoms with Gasteiger partial charge in [0.25, 0.3) is 0 Å². The topological polar surface area (TPSA) is 9.23 Å².